The summed E-state index contributed by atoms with van der Waals surface area (Å²) >= 11 is 3.40. The van der Waals surface area contributed by atoms with Gasteiger partial charge >= 0.3 is 6.18 Å². The molecule has 2 aromatic heterocycles. The van der Waals surface area contributed by atoms with Crippen LogP contribution in [-0.4, -0.2) is 40.4 Å². The summed E-state index contributed by atoms with van der Waals surface area (Å²) in [4.78, 5) is 27.0. The molecule has 0 aliphatic carbocycles. The Morgan fingerprint density at radius 3 is 2.66 bits per heavy atom. The number of nitrogens with one attached hydrogen (secondary N) is 1. The molecule has 3 heterocycles. The molecule has 12 heteroatoms. The number of hydrogen-bond donors (Lipinski definition) is 2. The summed E-state index contributed by atoms with van der Waals surface area (Å²) in [5.74, 6) is 0.805. The molecule has 1 aliphatic rings. The Bertz CT molecular complexity index is 1250. The first-order chi connectivity index (χ1) is 16.7. The van der Waals surface area contributed by atoms with E-state index in [0.717, 1.165) is 22.3 Å². The number of aromatic nitrogens is 2. The van der Waals surface area contributed by atoms with Crippen LogP contribution in [0.25, 0.3) is 0 Å². The van der Waals surface area contributed by atoms with Crippen molar-refractivity contribution in [1.82, 2.24) is 14.9 Å². The first-order valence-electron chi connectivity index (χ1n) is 10.4. The van der Waals surface area contributed by atoms with E-state index in [1.807, 2.05) is 12.1 Å². The summed E-state index contributed by atoms with van der Waals surface area (Å²) in [7, 11) is 1.52. The van der Waals surface area contributed by atoms with Gasteiger partial charge in [-0.05, 0) is 36.4 Å². The van der Waals surface area contributed by atoms with Crippen molar-refractivity contribution in [2.45, 2.75) is 18.8 Å². The minimum atomic E-state index is -4.50. The van der Waals surface area contributed by atoms with E-state index in [4.69, 9.17) is 10.5 Å². The van der Waals surface area contributed by atoms with Gasteiger partial charge in [0, 0.05) is 29.5 Å². The number of nitrogens with two attached hydrogens (primary N) is 1. The highest BCUT2D eigenvalue weighted by Crippen LogP contribution is 2.39. The number of carbonyl (C=O) groups is 1. The third-order valence-corrected chi connectivity index (χ3v) is 5.85. The summed E-state index contributed by atoms with van der Waals surface area (Å²) in [6, 6.07) is 10.4. The molecule has 8 nitrogen and oxygen atoms in total. The van der Waals surface area contributed by atoms with Crippen LogP contribution in [-0.2, 0) is 12.7 Å². The molecule has 1 aliphatic heterocycles. The van der Waals surface area contributed by atoms with Crippen molar-refractivity contribution in [3.05, 3.63) is 81.7 Å². The van der Waals surface area contributed by atoms with Crippen molar-refractivity contribution in [2.75, 3.05) is 19.0 Å². The third-order valence-electron chi connectivity index (χ3n) is 5.36. The first kappa shape index (κ1) is 24.5. The van der Waals surface area contributed by atoms with Gasteiger partial charge in [-0.2, -0.15) is 13.2 Å². The van der Waals surface area contributed by atoms with Gasteiger partial charge < -0.3 is 20.7 Å². The SMILES string of the molecule is CN=C(N)Nc1ccc(C(=O)N(Cc2ccc(C(F)(F)F)cn2)C2COc3cc(Br)ccc32)cn1. The van der Waals surface area contributed by atoms with E-state index < -0.39 is 17.8 Å². The summed E-state index contributed by atoms with van der Waals surface area (Å²) in [5.41, 5.74) is 6.14. The minimum Gasteiger partial charge on any atom is -0.491 e. The summed E-state index contributed by atoms with van der Waals surface area (Å²) in [6.07, 6.45) is -2.35. The number of nitrogens with zero attached hydrogens (tertiary/aromatic N) is 4. The van der Waals surface area contributed by atoms with Gasteiger partial charge in [-0.3, -0.25) is 14.8 Å². The molecule has 1 aromatic carbocycles. The molecule has 0 spiro atoms. The Hall–Kier alpha value is -3.67. The number of anilines is 1. The molecule has 0 saturated heterocycles. The van der Waals surface area contributed by atoms with Crippen LogP contribution in [0.3, 0.4) is 0 Å². The average molecular weight is 549 g/mol. The molecule has 0 fully saturated rings. The van der Waals surface area contributed by atoms with E-state index in [2.05, 4.69) is 36.2 Å². The van der Waals surface area contributed by atoms with E-state index in [1.165, 1.54) is 24.2 Å². The Balaban J connectivity index is 1.65. The van der Waals surface area contributed by atoms with Gasteiger partial charge in [0.15, 0.2) is 5.96 Å². The standard InChI is InChI=1S/C23H20BrF3N6O2/c1-29-22(28)32-20-7-2-13(9-31-20)21(34)33(11-16-5-3-14(10-30-16)23(25,26)27)18-12-35-19-8-15(24)4-6-17(18)19/h2-10,18H,11-12H2,1H3,(H3,28,29,31,32). The molecule has 0 saturated carbocycles. The normalized spacial score (nSPS) is 15.3. The molecule has 3 N–H and O–H groups in total. The highest BCUT2D eigenvalue weighted by Gasteiger charge is 2.34. The number of rotatable bonds is 5. The van der Waals surface area contributed by atoms with E-state index >= 15 is 0 Å². The third kappa shape index (κ3) is 5.53. The summed E-state index contributed by atoms with van der Waals surface area (Å²) in [5, 5.41) is 2.78. The summed E-state index contributed by atoms with van der Waals surface area (Å²) < 4.78 is 45.5. The van der Waals surface area contributed by atoms with E-state index in [0.29, 0.717) is 17.3 Å². The number of fused-ring (bicyclic) bond motifs is 1. The second kappa shape index (κ2) is 9.90. The van der Waals surface area contributed by atoms with Gasteiger partial charge in [0.1, 0.15) is 18.2 Å². The fourth-order valence-corrected chi connectivity index (χ4v) is 3.90. The quantitative estimate of drug-likeness (QED) is 0.362. The molecule has 182 valence electrons. The van der Waals surface area contributed by atoms with Gasteiger partial charge in [-0.1, -0.05) is 22.0 Å². The van der Waals surface area contributed by atoms with Crippen LogP contribution in [0.2, 0.25) is 0 Å². The molecule has 1 amide bonds. The molecular formula is C23H20BrF3N6O2. The topological polar surface area (TPSA) is 106 Å². The predicted molar refractivity (Wildman–Crippen MR) is 127 cm³/mol. The van der Waals surface area contributed by atoms with Crippen LogP contribution in [0, 0.1) is 0 Å². The molecule has 35 heavy (non-hydrogen) atoms. The number of benzene rings is 1. The zero-order valence-electron chi connectivity index (χ0n) is 18.4. The number of alkyl halides is 3. The highest BCUT2D eigenvalue weighted by atomic mass is 79.9. The van der Waals surface area contributed by atoms with Crippen molar-refractivity contribution in [3.8, 4) is 5.75 Å². The number of pyridine rings is 2. The Kier molecular flexibility index (Phi) is 6.92. The Morgan fingerprint density at radius 2 is 2.03 bits per heavy atom. The molecule has 4 rings (SSSR count). The molecule has 1 atom stereocenters. The van der Waals surface area contributed by atoms with Crippen LogP contribution in [0.1, 0.15) is 33.2 Å². The van der Waals surface area contributed by atoms with Crippen LogP contribution >= 0.6 is 15.9 Å². The average Bonchev–Trinajstić information content (AvgIpc) is 3.25. The van der Waals surface area contributed by atoms with Crippen molar-refractivity contribution < 1.29 is 22.7 Å². The van der Waals surface area contributed by atoms with E-state index in [-0.39, 0.29) is 30.6 Å². The lowest BCUT2D eigenvalue weighted by Gasteiger charge is -2.28. The molecule has 1 unspecified atom stereocenters. The van der Waals surface area contributed by atoms with Crippen molar-refractivity contribution >= 4 is 33.6 Å². The number of hydrogen-bond acceptors (Lipinski definition) is 5. The van der Waals surface area contributed by atoms with Crippen LogP contribution in [0.5, 0.6) is 5.75 Å². The number of aliphatic imine (C=N–C) groups is 1. The molecule has 0 bridgehead atoms. The maximum atomic E-state index is 13.6. The zero-order chi connectivity index (χ0) is 25.2. The van der Waals surface area contributed by atoms with Crippen LogP contribution < -0.4 is 15.8 Å². The van der Waals surface area contributed by atoms with Crippen molar-refractivity contribution in [3.63, 3.8) is 0 Å². The van der Waals surface area contributed by atoms with Gasteiger partial charge in [0.05, 0.1) is 29.4 Å². The van der Waals surface area contributed by atoms with Crippen molar-refractivity contribution in [2.24, 2.45) is 10.7 Å². The van der Waals surface area contributed by atoms with Gasteiger partial charge in [-0.25, -0.2) is 4.98 Å². The smallest absolute Gasteiger partial charge is 0.417 e. The number of guanidine groups is 1. The van der Waals surface area contributed by atoms with Crippen molar-refractivity contribution in [1.29, 1.82) is 0 Å². The van der Waals surface area contributed by atoms with E-state index in [9.17, 15) is 18.0 Å². The van der Waals surface area contributed by atoms with Gasteiger partial charge in [0.2, 0.25) is 0 Å². The number of ether oxygens (including phenoxy) is 1. The first-order valence-corrected chi connectivity index (χ1v) is 11.2. The lowest BCUT2D eigenvalue weighted by atomic mass is 10.1. The molecule has 3 aromatic rings. The number of carbonyl (C=O) groups excluding carboxylic acids is 1. The minimum absolute atomic E-state index is 0.0318. The maximum Gasteiger partial charge on any atom is 0.417 e. The Morgan fingerprint density at radius 1 is 1.23 bits per heavy atom. The fourth-order valence-electron chi connectivity index (χ4n) is 3.56. The van der Waals surface area contributed by atoms with Crippen LogP contribution in [0.4, 0.5) is 19.0 Å². The molecular weight excluding hydrogens is 529 g/mol. The summed E-state index contributed by atoms with van der Waals surface area (Å²) in [6.45, 7) is 0.157. The Labute approximate surface area is 207 Å². The number of halogens is 4. The predicted octanol–water partition coefficient (Wildman–Crippen LogP) is 4.39. The lowest BCUT2D eigenvalue weighted by molar-refractivity contribution is -0.137. The number of amides is 1. The van der Waals surface area contributed by atoms with Gasteiger partial charge in [0.25, 0.3) is 5.91 Å². The lowest BCUT2D eigenvalue weighted by Crippen LogP contribution is -2.35. The zero-order valence-corrected chi connectivity index (χ0v) is 20.0. The van der Waals surface area contributed by atoms with Gasteiger partial charge in [-0.15, -0.1) is 0 Å². The second-order valence-electron chi connectivity index (χ2n) is 7.64. The van der Waals surface area contributed by atoms with Crippen LogP contribution in [0.15, 0.2) is 64.3 Å². The largest absolute Gasteiger partial charge is 0.491 e. The maximum absolute atomic E-state index is 13.6. The fraction of sp³-hybridized carbons (Fsp3) is 0.217. The highest BCUT2D eigenvalue weighted by molar-refractivity contribution is 9.10. The second-order valence-corrected chi connectivity index (χ2v) is 8.56. The monoisotopic (exact) mass is 548 g/mol. The molecule has 0 radical (unpaired) electrons. The van der Waals surface area contributed by atoms with E-state index in [1.54, 1.807) is 18.2 Å².